The molecule has 0 saturated heterocycles. The summed E-state index contributed by atoms with van der Waals surface area (Å²) in [5.41, 5.74) is 2.65. The Morgan fingerprint density at radius 3 is 3.04 bits per heavy atom. The second-order valence-corrected chi connectivity index (χ2v) is 8.63. The molecule has 2 aromatic rings. The van der Waals surface area contributed by atoms with Gasteiger partial charge in [0.2, 0.25) is 0 Å². The van der Waals surface area contributed by atoms with Gasteiger partial charge in [0, 0.05) is 18.1 Å². The number of nitrogens with zero attached hydrogens (tertiary/aromatic N) is 3. The van der Waals surface area contributed by atoms with Crippen LogP contribution in [0, 0.1) is 5.92 Å². The topological polar surface area (TPSA) is 59.4 Å². The van der Waals surface area contributed by atoms with Crippen molar-refractivity contribution in [1.82, 2.24) is 20.0 Å². The van der Waals surface area contributed by atoms with Crippen LogP contribution in [0.25, 0.3) is 0 Å². The van der Waals surface area contributed by atoms with Crippen LogP contribution in [0.5, 0.6) is 5.75 Å². The van der Waals surface area contributed by atoms with Crippen LogP contribution in [0.15, 0.2) is 24.3 Å². The zero-order chi connectivity index (χ0) is 19.1. The Labute approximate surface area is 169 Å². The van der Waals surface area contributed by atoms with Crippen LogP contribution in [-0.4, -0.2) is 46.3 Å². The normalized spacial score (nSPS) is 21.5. The van der Waals surface area contributed by atoms with E-state index in [1.54, 1.807) is 0 Å². The third-order valence-corrected chi connectivity index (χ3v) is 6.16. The van der Waals surface area contributed by atoms with E-state index in [1.807, 2.05) is 28.9 Å². The molecular weight excluding hydrogens is 376 g/mol. The first kappa shape index (κ1) is 18.0. The number of carbonyl (C=O) groups excluding carboxylic acids is 1. The van der Waals surface area contributed by atoms with Gasteiger partial charge < -0.3 is 10.1 Å². The van der Waals surface area contributed by atoms with Crippen molar-refractivity contribution in [1.29, 1.82) is 0 Å². The van der Waals surface area contributed by atoms with Gasteiger partial charge in [0.1, 0.15) is 12.4 Å². The molecule has 6 nitrogen and oxygen atoms in total. The highest BCUT2D eigenvalue weighted by Gasteiger charge is 2.26. The fourth-order valence-electron chi connectivity index (χ4n) is 4.11. The number of halogens is 1. The Hall–Kier alpha value is -2.05. The minimum Gasteiger partial charge on any atom is -0.491 e. The molecule has 1 aromatic heterocycles. The van der Waals surface area contributed by atoms with Crippen LogP contribution in [-0.2, 0) is 19.5 Å². The zero-order valence-corrected chi connectivity index (χ0v) is 16.6. The van der Waals surface area contributed by atoms with Crippen LogP contribution in [0.4, 0.5) is 0 Å². The second-order valence-electron chi connectivity index (χ2n) is 8.19. The minimum absolute atomic E-state index is 0.0766. The van der Waals surface area contributed by atoms with Crippen LogP contribution in [0.1, 0.15) is 41.0 Å². The Morgan fingerprint density at radius 1 is 1.29 bits per heavy atom. The van der Waals surface area contributed by atoms with Crippen LogP contribution in [0.2, 0.25) is 5.02 Å². The molecule has 3 aliphatic rings. The Bertz CT molecular complexity index is 893. The second kappa shape index (κ2) is 7.41. The molecule has 7 heteroatoms. The van der Waals surface area contributed by atoms with Crippen molar-refractivity contribution in [2.24, 2.45) is 5.92 Å². The van der Waals surface area contributed by atoms with Crippen molar-refractivity contribution in [3.63, 3.8) is 0 Å². The molecule has 1 fully saturated rings. The van der Waals surface area contributed by atoms with E-state index >= 15 is 0 Å². The number of hydrogen-bond donors (Lipinski definition) is 1. The van der Waals surface area contributed by atoms with Gasteiger partial charge in [-0.15, -0.1) is 0 Å². The molecule has 0 unspecified atom stereocenters. The Morgan fingerprint density at radius 2 is 2.18 bits per heavy atom. The zero-order valence-electron chi connectivity index (χ0n) is 15.9. The van der Waals surface area contributed by atoms with Gasteiger partial charge in [-0.2, -0.15) is 5.10 Å². The summed E-state index contributed by atoms with van der Waals surface area (Å²) in [7, 11) is 0. The fraction of sp³-hybridized carbons (Fsp3) is 0.524. The molecule has 1 amide bonds. The summed E-state index contributed by atoms with van der Waals surface area (Å²) >= 11 is 6.08. The number of carbonyl (C=O) groups is 1. The molecule has 5 rings (SSSR count). The van der Waals surface area contributed by atoms with Crippen molar-refractivity contribution in [2.45, 2.75) is 44.8 Å². The maximum absolute atomic E-state index is 12.7. The first-order valence-electron chi connectivity index (χ1n) is 10.2. The van der Waals surface area contributed by atoms with E-state index in [4.69, 9.17) is 16.3 Å². The highest BCUT2D eigenvalue weighted by Crippen LogP contribution is 2.32. The number of nitrogens with one attached hydrogen (secondary N) is 1. The van der Waals surface area contributed by atoms with Crippen LogP contribution in [0.3, 0.4) is 0 Å². The lowest BCUT2D eigenvalue weighted by atomic mass is 10.0. The Kier molecular flexibility index (Phi) is 4.77. The molecule has 1 aliphatic carbocycles. The van der Waals surface area contributed by atoms with E-state index in [1.165, 1.54) is 19.3 Å². The lowest BCUT2D eigenvalue weighted by Crippen LogP contribution is -2.42. The maximum Gasteiger partial charge on any atom is 0.272 e. The Balaban J connectivity index is 1.21. The van der Waals surface area contributed by atoms with Crippen molar-refractivity contribution in [3.8, 4) is 5.75 Å². The van der Waals surface area contributed by atoms with E-state index in [0.29, 0.717) is 23.7 Å². The van der Waals surface area contributed by atoms with Gasteiger partial charge in [0.25, 0.3) is 5.91 Å². The standard InChI is InChI=1S/C21H25ClN4O2/c22-16-3-4-20-15(9-16)10-17(13-28-20)23-21(27)19-11-18-12-25(6-5-14-1-2-14)7-8-26(18)24-19/h3-4,9,11,14,17H,1-2,5-8,10,12-13H2,(H,23,27)/t17-/m1/s1. The van der Waals surface area contributed by atoms with E-state index in [0.717, 1.165) is 49.1 Å². The lowest BCUT2D eigenvalue weighted by Gasteiger charge is -2.27. The van der Waals surface area contributed by atoms with Gasteiger partial charge in [-0.1, -0.05) is 24.4 Å². The highest BCUT2D eigenvalue weighted by atomic mass is 35.5. The van der Waals surface area contributed by atoms with Crippen LogP contribution < -0.4 is 10.1 Å². The summed E-state index contributed by atoms with van der Waals surface area (Å²) in [5, 5.41) is 8.28. The number of hydrogen-bond acceptors (Lipinski definition) is 4. The summed E-state index contributed by atoms with van der Waals surface area (Å²) in [5.74, 6) is 1.66. The highest BCUT2D eigenvalue weighted by molar-refractivity contribution is 6.30. The molecule has 0 bridgehead atoms. The quantitative estimate of drug-likeness (QED) is 0.838. The number of aromatic nitrogens is 2. The van der Waals surface area contributed by atoms with E-state index < -0.39 is 0 Å². The number of benzene rings is 1. The van der Waals surface area contributed by atoms with Gasteiger partial charge in [-0.3, -0.25) is 14.4 Å². The maximum atomic E-state index is 12.7. The molecule has 0 radical (unpaired) electrons. The molecule has 1 atom stereocenters. The summed E-state index contributed by atoms with van der Waals surface area (Å²) < 4.78 is 7.75. The first-order chi connectivity index (χ1) is 13.6. The monoisotopic (exact) mass is 400 g/mol. The van der Waals surface area contributed by atoms with Gasteiger partial charge in [-0.25, -0.2) is 0 Å². The third-order valence-electron chi connectivity index (χ3n) is 5.92. The summed E-state index contributed by atoms with van der Waals surface area (Å²) in [6.07, 6.45) is 4.81. The van der Waals surface area contributed by atoms with Crippen molar-refractivity contribution >= 4 is 17.5 Å². The molecule has 2 aliphatic heterocycles. The van der Waals surface area contributed by atoms with Gasteiger partial charge in [0.05, 0.1) is 18.3 Å². The average Bonchev–Trinajstić information content (AvgIpc) is 3.42. The summed E-state index contributed by atoms with van der Waals surface area (Å²) in [6.45, 7) is 4.36. The van der Waals surface area contributed by atoms with Crippen molar-refractivity contribution < 1.29 is 9.53 Å². The molecule has 28 heavy (non-hydrogen) atoms. The van der Waals surface area contributed by atoms with E-state index in [-0.39, 0.29) is 11.9 Å². The van der Waals surface area contributed by atoms with Crippen LogP contribution >= 0.6 is 11.6 Å². The molecular formula is C21H25ClN4O2. The third kappa shape index (κ3) is 3.89. The largest absolute Gasteiger partial charge is 0.491 e. The SMILES string of the molecule is O=C(N[C@H]1COc2ccc(Cl)cc2C1)c1cc2n(n1)CCN(CCC1CC1)C2. The number of ether oxygens (including phenoxy) is 1. The van der Waals surface area contributed by atoms with Gasteiger partial charge in [-0.05, 0) is 55.1 Å². The fourth-order valence-corrected chi connectivity index (χ4v) is 4.30. The van der Waals surface area contributed by atoms with Crippen molar-refractivity contribution in [2.75, 3.05) is 19.7 Å². The minimum atomic E-state index is -0.134. The number of rotatable bonds is 5. The predicted octanol–water partition coefficient (Wildman–Crippen LogP) is 2.89. The molecule has 3 heterocycles. The van der Waals surface area contributed by atoms with Crippen molar-refractivity contribution in [3.05, 3.63) is 46.2 Å². The van der Waals surface area contributed by atoms with E-state index in [2.05, 4.69) is 15.3 Å². The predicted molar refractivity (Wildman–Crippen MR) is 107 cm³/mol. The van der Waals surface area contributed by atoms with E-state index in [9.17, 15) is 4.79 Å². The summed E-state index contributed by atoms with van der Waals surface area (Å²) in [6, 6.07) is 7.47. The average molecular weight is 401 g/mol. The lowest BCUT2D eigenvalue weighted by molar-refractivity contribution is 0.0909. The number of amides is 1. The molecule has 0 spiro atoms. The smallest absolute Gasteiger partial charge is 0.272 e. The molecule has 1 N–H and O–H groups in total. The van der Waals surface area contributed by atoms with Gasteiger partial charge in [0.15, 0.2) is 5.69 Å². The number of fused-ring (bicyclic) bond motifs is 2. The molecule has 148 valence electrons. The summed E-state index contributed by atoms with van der Waals surface area (Å²) in [4.78, 5) is 15.2. The molecule has 1 saturated carbocycles. The van der Waals surface area contributed by atoms with Gasteiger partial charge >= 0.3 is 0 Å². The molecule has 1 aromatic carbocycles. The first-order valence-corrected chi connectivity index (χ1v) is 10.5.